The van der Waals surface area contributed by atoms with Crippen molar-refractivity contribution in [2.75, 3.05) is 23.4 Å². The zero-order valence-electron chi connectivity index (χ0n) is 15.9. The number of carbonyl (C=O) groups is 2. The first-order valence-corrected chi connectivity index (χ1v) is 8.95. The number of carbonyl (C=O) groups excluding carboxylic acids is 2. The van der Waals surface area contributed by atoms with Gasteiger partial charge in [0.15, 0.2) is 6.61 Å². The minimum absolute atomic E-state index is 0.0816. The van der Waals surface area contributed by atoms with E-state index in [0.717, 1.165) is 12.2 Å². The van der Waals surface area contributed by atoms with Gasteiger partial charge in [-0.1, -0.05) is 12.1 Å². The van der Waals surface area contributed by atoms with E-state index < -0.39 is 17.7 Å². The SMILES string of the molecule is CCN(c1ccc(NC(=O)COC(=O)Cc2cccc(F)c2)cc1)C(C)C. The van der Waals surface area contributed by atoms with Crippen LogP contribution in [0.2, 0.25) is 0 Å². The summed E-state index contributed by atoms with van der Waals surface area (Å²) in [5.74, 6) is -1.42. The van der Waals surface area contributed by atoms with Crippen molar-refractivity contribution in [3.8, 4) is 0 Å². The van der Waals surface area contributed by atoms with Crippen molar-refractivity contribution in [1.82, 2.24) is 0 Å². The highest BCUT2D eigenvalue weighted by molar-refractivity contribution is 5.93. The third-order valence-electron chi connectivity index (χ3n) is 4.05. The molecule has 0 unspecified atom stereocenters. The summed E-state index contributed by atoms with van der Waals surface area (Å²) < 4.78 is 18.0. The van der Waals surface area contributed by atoms with Crippen LogP contribution < -0.4 is 10.2 Å². The summed E-state index contributed by atoms with van der Waals surface area (Å²) in [6, 6.07) is 13.6. The largest absolute Gasteiger partial charge is 0.455 e. The predicted molar refractivity (Wildman–Crippen MR) is 104 cm³/mol. The van der Waals surface area contributed by atoms with Crippen LogP contribution in [0.1, 0.15) is 26.3 Å². The highest BCUT2D eigenvalue weighted by Gasteiger charge is 2.11. The molecular weight excluding hydrogens is 347 g/mol. The summed E-state index contributed by atoms with van der Waals surface area (Å²) in [7, 11) is 0. The number of nitrogens with zero attached hydrogens (tertiary/aromatic N) is 1. The number of benzene rings is 2. The van der Waals surface area contributed by atoms with Crippen molar-refractivity contribution in [2.45, 2.75) is 33.2 Å². The topological polar surface area (TPSA) is 58.6 Å². The molecule has 0 spiro atoms. The van der Waals surface area contributed by atoms with Crippen molar-refractivity contribution in [3.63, 3.8) is 0 Å². The maximum Gasteiger partial charge on any atom is 0.310 e. The minimum Gasteiger partial charge on any atom is -0.455 e. The van der Waals surface area contributed by atoms with E-state index in [1.165, 1.54) is 18.2 Å². The number of halogens is 1. The van der Waals surface area contributed by atoms with Gasteiger partial charge in [-0.3, -0.25) is 9.59 Å². The van der Waals surface area contributed by atoms with Crippen LogP contribution in [-0.2, 0) is 20.7 Å². The second-order valence-electron chi connectivity index (χ2n) is 6.44. The summed E-state index contributed by atoms with van der Waals surface area (Å²) in [6.45, 7) is 6.84. The highest BCUT2D eigenvalue weighted by atomic mass is 19.1. The molecule has 0 radical (unpaired) electrons. The highest BCUT2D eigenvalue weighted by Crippen LogP contribution is 2.19. The summed E-state index contributed by atoms with van der Waals surface area (Å²) >= 11 is 0. The Bertz CT molecular complexity index is 775. The smallest absolute Gasteiger partial charge is 0.310 e. The van der Waals surface area contributed by atoms with Crippen LogP contribution in [0.4, 0.5) is 15.8 Å². The number of anilines is 2. The van der Waals surface area contributed by atoms with E-state index in [-0.39, 0.29) is 13.0 Å². The molecule has 2 aromatic rings. The third-order valence-corrected chi connectivity index (χ3v) is 4.05. The van der Waals surface area contributed by atoms with Crippen molar-refractivity contribution >= 4 is 23.3 Å². The van der Waals surface area contributed by atoms with Crippen molar-refractivity contribution < 1.29 is 18.7 Å². The molecule has 2 rings (SSSR count). The van der Waals surface area contributed by atoms with Gasteiger partial charge in [0.2, 0.25) is 0 Å². The minimum atomic E-state index is -0.582. The van der Waals surface area contributed by atoms with E-state index in [2.05, 4.69) is 31.0 Å². The Morgan fingerprint density at radius 1 is 1.15 bits per heavy atom. The van der Waals surface area contributed by atoms with E-state index >= 15 is 0 Å². The standard InChI is InChI=1S/C21H25FN2O3/c1-4-24(15(2)3)19-10-8-18(9-11-19)23-20(25)14-27-21(26)13-16-6-5-7-17(22)12-16/h5-12,15H,4,13-14H2,1-3H3,(H,23,25). The Morgan fingerprint density at radius 2 is 1.85 bits per heavy atom. The summed E-state index contributed by atoms with van der Waals surface area (Å²) in [4.78, 5) is 26.0. The molecule has 0 aliphatic carbocycles. The van der Waals surface area contributed by atoms with E-state index in [0.29, 0.717) is 17.3 Å². The first-order valence-electron chi connectivity index (χ1n) is 8.95. The summed E-state index contributed by atoms with van der Waals surface area (Å²) in [5, 5.41) is 2.69. The molecule has 27 heavy (non-hydrogen) atoms. The molecule has 1 N–H and O–H groups in total. The van der Waals surface area contributed by atoms with Crippen LogP contribution in [0.15, 0.2) is 48.5 Å². The van der Waals surface area contributed by atoms with Crippen LogP contribution in [0.5, 0.6) is 0 Å². The first kappa shape index (κ1) is 20.4. The lowest BCUT2D eigenvalue weighted by atomic mass is 10.1. The lowest BCUT2D eigenvalue weighted by molar-refractivity contribution is -0.146. The third kappa shape index (κ3) is 6.40. The van der Waals surface area contributed by atoms with Gasteiger partial charge in [-0.25, -0.2) is 4.39 Å². The average Bonchev–Trinajstić information content (AvgIpc) is 2.62. The molecule has 0 bridgehead atoms. The molecular formula is C21H25FN2O3. The van der Waals surface area contributed by atoms with E-state index in [1.54, 1.807) is 6.07 Å². The zero-order chi connectivity index (χ0) is 19.8. The van der Waals surface area contributed by atoms with Crippen LogP contribution in [0.25, 0.3) is 0 Å². The van der Waals surface area contributed by atoms with Crippen LogP contribution in [0, 0.1) is 5.82 Å². The quantitative estimate of drug-likeness (QED) is 0.717. The Morgan fingerprint density at radius 3 is 2.44 bits per heavy atom. The summed E-state index contributed by atoms with van der Waals surface area (Å²) in [5.41, 5.74) is 2.21. The van der Waals surface area contributed by atoms with Gasteiger partial charge in [0.1, 0.15) is 5.82 Å². The number of hydrogen-bond acceptors (Lipinski definition) is 4. The number of esters is 1. The molecule has 0 aliphatic rings. The monoisotopic (exact) mass is 372 g/mol. The number of amides is 1. The first-order chi connectivity index (χ1) is 12.9. The van der Waals surface area contributed by atoms with Crippen LogP contribution in [0.3, 0.4) is 0 Å². The Kier molecular flexibility index (Phi) is 7.34. The fourth-order valence-corrected chi connectivity index (χ4v) is 2.79. The van der Waals surface area contributed by atoms with Gasteiger partial charge in [0.05, 0.1) is 6.42 Å². The number of hydrogen-bond donors (Lipinski definition) is 1. The second kappa shape index (κ2) is 9.71. The Labute approximate surface area is 159 Å². The molecule has 1 amide bonds. The lowest BCUT2D eigenvalue weighted by Gasteiger charge is -2.27. The maximum absolute atomic E-state index is 13.1. The normalized spacial score (nSPS) is 10.6. The van der Waals surface area contributed by atoms with Gasteiger partial charge in [-0.15, -0.1) is 0 Å². The van der Waals surface area contributed by atoms with Gasteiger partial charge in [0, 0.05) is 24.0 Å². The molecule has 5 nitrogen and oxygen atoms in total. The van der Waals surface area contributed by atoms with Crippen LogP contribution in [-0.4, -0.2) is 31.1 Å². The average molecular weight is 372 g/mol. The molecule has 0 aliphatic heterocycles. The van der Waals surface area contributed by atoms with Gasteiger partial charge < -0.3 is 15.0 Å². The van der Waals surface area contributed by atoms with Gasteiger partial charge in [-0.2, -0.15) is 0 Å². The molecule has 6 heteroatoms. The van der Waals surface area contributed by atoms with Gasteiger partial charge >= 0.3 is 5.97 Å². The Balaban J connectivity index is 1.82. The van der Waals surface area contributed by atoms with Gasteiger partial charge in [-0.05, 0) is 62.7 Å². The van der Waals surface area contributed by atoms with Crippen molar-refractivity contribution in [2.24, 2.45) is 0 Å². The second-order valence-corrected chi connectivity index (χ2v) is 6.44. The molecule has 0 heterocycles. The van der Waals surface area contributed by atoms with Gasteiger partial charge in [0.25, 0.3) is 5.91 Å². The number of nitrogens with one attached hydrogen (secondary N) is 1. The molecule has 0 saturated carbocycles. The van der Waals surface area contributed by atoms with Crippen molar-refractivity contribution in [3.05, 3.63) is 59.9 Å². The van der Waals surface area contributed by atoms with Crippen molar-refractivity contribution in [1.29, 1.82) is 0 Å². The van der Waals surface area contributed by atoms with E-state index in [9.17, 15) is 14.0 Å². The number of rotatable bonds is 8. The molecule has 144 valence electrons. The van der Waals surface area contributed by atoms with E-state index in [1.807, 2.05) is 24.3 Å². The zero-order valence-corrected chi connectivity index (χ0v) is 15.9. The molecule has 0 saturated heterocycles. The fraction of sp³-hybridized carbons (Fsp3) is 0.333. The maximum atomic E-state index is 13.1. The Hall–Kier alpha value is -2.89. The molecule has 2 aromatic carbocycles. The van der Waals surface area contributed by atoms with Crippen LogP contribution >= 0.6 is 0 Å². The predicted octanol–water partition coefficient (Wildman–Crippen LogP) is 3.78. The molecule has 0 atom stereocenters. The lowest BCUT2D eigenvalue weighted by Crippen LogP contribution is -2.30. The molecule has 0 fully saturated rings. The summed E-state index contributed by atoms with van der Waals surface area (Å²) in [6.07, 6.45) is -0.0816. The molecule has 0 aromatic heterocycles. The fourth-order valence-electron chi connectivity index (χ4n) is 2.79. The number of ether oxygens (including phenoxy) is 1. The van der Waals surface area contributed by atoms with E-state index in [4.69, 9.17) is 4.74 Å².